The summed E-state index contributed by atoms with van der Waals surface area (Å²) in [5, 5.41) is 16.6. The van der Waals surface area contributed by atoms with Gasteiger partial charge in [-0.25, -0.2) is 0 Å². The van der Waals surface area contributed by atoms with Crippen molar-refractivity contribution in [3.05, 3.63) is 63.4 Å². The molecule has 1 aliphatic heterocycles. The molecule has 4 rings (SSSR count). The van der Waals surface area contributed by atoms with Crippen LogP contribution in [0.3, 0.4) is 0 Å². The van der Waals surface area contributed by atoms with Crippen LogP contribution in [0.5, 0.6) is 11.5 Å². The van der Waals surface area contributed by atoms with Gasteiger partial charge in [0.15, 0.2) is 0 Å². The molecule has 2 heterocycles. The van der Waals surface area contributed by atoms with Crippen LogP contribution in [0.4, 0.5) is 0 Å². The number of fused-ring (bicyclic) bond motifs is 1. The van der Waals surface area contributed by atoms with Gasteiger partial charge in [-0.05, 0) is 17.2 Å². The van der Waals surface area contributed by atoms with Gasteiger partial charge < -0.3 is 19.9 Å². The van der Waals surface area contributed by atoms with Crippen LogP contribution in [0.25, 0.3) is 11.1 Å². The van der Waals surface area contributed by atoms with Gasteiger partial charge in [0.2, 0.25) is 0 Å². The number of nitrogens with one attached hydrogen (secondary N) is 1. The molecule has 0 spiro atoms. The summed E-state index contributed by atoms with van der Waals surface area (Å²) in [6.07, 6.45) is 3.02. The molecule has 32 heavy (non-hydrogen) atoms. The molecule has 0 saturated heterocycles. The average Bonchev–Trinajstić information content (AvgIpc) is 3.41. The van der Waals surface area contributed by atoms with Crippen molar-refractivity contribution >= 4 is 34.9 Å². The fourth-order valence-corrected chi connectivity index (χ4v) is 4.21. The Bertz CT molecular complexity index is 1190. The molecule has 10 heteroatoms. The SMILES string of the molecule is COc1cc(OC)c(Cl)c(-c2ccc3c(c2)CN=C3NC(=O)c2cnn(CCO)c2)c1Cl. The fraction of sp³-hybridized carbons (Fsp3) is 0.227. The summed E-state index contributed by atoms with van der Waals surface area (Å²) in [4.78, 5) is 17.0. The Labute approximate surface area is 194 Å². The molecule has 8 nitrogen and oxygen atoms in total. The number of benzene rings is 2. The minimum absolute atomic E-state index is 0.0572. The van der Waals surface area contributed by atoms with E-state index in [2.05, 4.69) is 15.4 Å². The van der Waals surface area contributed by atoms with Crippen LogP contribution in [0.1, 0.15) is 21.5 Å². The van der Waals surface area contributed by atoms with Crippen LogP contribution in [0.15, 0.2) is 41.7 Å². The molecule has 0 unspecified atom stereocenters. The van der Waals surface area contributed by atoms with E-state index in [1.54, 1.807) is 12.3 Å². The lowest BCUT2D eigenvalue weighted by molar-refractivity contribution is 0.0977. The predicted octanol–water partition coefficient (Wildman–Crippen LogP) is 3.56. The number of hydrogen-bond acceptors (Lipinski definition) is 6. The van der Waals surface area contributed by atoms with Gasteiger partial charge in [0.25, 0.3) is 5.91 Å². The van der Waals surface area contributed by atoms with Crippen molar-refractivity contribution in [3.63, 3.8) is 0 Å². The number of nitrogens with zero attached hydrogens (tertiary/aromatic N) is 3. The summed E-state index contributed by atoms with van der Waals surface area (Å²) < 4.78 is 12.2. The van der Waals surface area contributed by atoms with Gasteiger partial charge in [-0.15, -0.1) is 0 Å². The van der Waals surface area contributed by atoms with E-state index in [-0.39, 0.29) is 12.5 Å². The Morgan fingerprint density at radius 1 is 1.19 bits per heavy atom. The molecule has 1 amide bonds. The van der Waals surface area contributed by atoms with Gasteiger partial charge in [-0.3, -0.25) is 14.5 Å². The third-order valence-corrected chi connectivity index (χ3v) is 5.84. The molecule has 2 N–H and O–H groups in total. The summed E-state index contributed by atoms with van der Waals surface area (Å²) >= 11 is 13.1. The third kappa shape index (κ3) is 4.04. The van der Waals surface area contributed by atoms with Gasteiger partial charge >= 0.3 is 0 Å². The average molecular weight is 475 g/mol. The number of amidine groups is 1. The monoisotopic (exact) mass is 474 g/mol. The second kappa shape index (κ2) is 9.20. The van der Waals surface area contributed by atoms with Gasteiger partial charge in [0.05, 0.1) is 55.7 Å². The number of aromatic nitrogens is 2. The van der Waals surface area contributed by atoms with Crippen LogP contribution in [-0.2, 0) is 13.1 Å². The Morgan fingerprint density at radius 2 is 1.91 bits per heavy atom. The maximum Gasteiger partial charge on any atom is 0.260 e. The summed E-state index contributed by atoms with van der Waals surface area (Å²) in [7, 11) is 3.05. The van der Waals surface area contributed by atoms with Crippen molar-refractivity contribution in [1.82, 2.24) is 15.1 Å². The lowest BCUT2D eigenvalue weighted by atomic mass is 9.99. The zero-order chi connectivity index (χ0) is 22.8. The minimum atomic E-state index is -0.325. The largest absolute Gasteiger partial charge is 0.495 e. The van der Waals surface area contributed by atoms with Gasteiger partial charge in [0.1, 0.15) is 17.3 Å². The molecule has 0 saturated carbocycles. The van der Waals surface area contributed by atoms with Crippen molar-refractivity contribution in [2.24, 2.45) is 4.99 Å². The number of ether oxygens (including phenoxy) is 2. The Morgan fingerprint density at radius 3 is 2.56 bits per heavy atom. The van der Waals surface area contributed by atoms with E-state index < -0.39 is 0 Å². The molecule has 2 aromatic carbocycles. The number of hydrogen-bond donors (Lipinski definition) is 2. The first-order chi connectivity index (χ1) is 15.5. The Balaban J connectivity index is 1.61. The second-order valence-corrected chi connectivity index (χ2v) is 7.75. The highest BCUT2D eigenvalue weighted by molar-refractivity contribution is 6.41. The summed E-state index contributed by atoms with van der Waals surface area (Å²) in [5.74, 6) is 1.06. The lowest BCUT2D eigenvalue weighted by Crippen LogP contribution is -2.30. The van der Waals surface area contributed by atoms with Crippen LogP contribution in [-0.4, -0.2) is 47.5 Å². The molecule has 3 aromatic rings. The van der Waals surface area contributed by atoms with Crippen molar-refractivity contribution in [2.45, 2.75) is 13.1 Å². The molecular formula is C22H20Cl2N4O4. The van der Waals surface area contributed by atoms with Gasteiger partial charge in [0, 0.05) is 23.4 Å². The number of amides is 1. The first-order valence-corrected chi connectivity index (χ1v) is 10.4. The number of aliphatic imine (C=N–C) groups is 1. The number of halogens is 2. The summed E-state index contributed by atoms with van der Waals surface area (Å²) in [5.41, 5.74) is 3.49. The van der Waals surface area contributed by atoms with Crippen LogP contribution in [0.2, 0.25) is 10.0 Å². The Kier molecular flexibility index (Phi) is 6.36. The van der Waals surface area contributed by atoms with E-state index in [4.69, 9.17) is 37.8 Å². The highest BCUT2D eigenvalue weighted by Gasteiger charge is 2.23. The van der Waals surface area contributed by atoms with Gasteiger partial charge in [-0.1, -0.05) is 35.3 Å². The molecule has 0 aliphatic carbocycles. The van der Waals surface area contributed by atoms with Crippen molar-refractivity contribution in [2.75, 3.05) is 20.8 Å². The van der Waals surface area contributed by atoms with E-state index >= 15 is 0 Å². The number of aliphatic hydroxyl groups excluding tert-OH is 1. The highest BCUT2D eigenvalue weighted by Crippen LogP contribution is 2.46. The molecule has 0 bridgehead atoms. The smallest absolute Gasteiger partial charge is 0.260 e. The third-order valence-electron chi connectivity index (χ3n) is 5.09. The van der Waals surface area contributed by atoms with Crippen LogP contribution >= 0.6 is 23.2 Å². The lowest BCUT2D eigenvalue weighted by Gasteiger charge is -2.15. The van der Waals surface area contributed by atoms with Crippen LogP contribution in [0, 0.1) is 0 Å². The van der Waals surface area contributed by atoms with Crippen molar-refractivity contribution < 1.29 is 19.4 Å². The standard InChI is InChI=1S/C22H20Cl2N4O4/c1-31-16-8-17(32-2)20(24)18(19(16)23)12-3-4-15-13(7-12)9-25-21(15)27-22(30)14-10-26-28(11-14)5-6-29/h3-4,7-8,10-11,29H,5-6,9H2,1-2H3,(H,25,27,30). The zero-order valence-electron chi connectivity index (χ0n) is 17.4. The molecule has 1 aromatic heterocycles. The van der Waals surface area contributed by atoms with E-state index in [0.717, 1.165) is 16.7 Å². The van der Waals surface area contributed by atoms with E-state index in [9.17, 15) is 4.79 Å². The number of carbonyl (C=O) groups excluding carboxylic acids is 1. The van der Waals surface area contributed by atoms with Gasteiger partial charge in [-0.2, -0.15) is 5.10 Å². The van der Waals surface area contributed by atoms with Crippen molar-refractivity contribution in [1.29, 1.82) is 0 Å². The number of rotatable bonds is 6. The molecule has 1 aliphatic rings. The molecule has 0 fully saturated rings. The second-order valence-electron chi connectivity index (χ2n) is 6.99. The molecular weight excluding hydrogens is 455 g/mol. The Hall–Kier alpha value is -3.07. The van der Waals surface area contributed by atoms with E-state index in [1.807, 2.05) is 18.2 Å². The topological polar surface area (TPSA) is 98.0 Å². The number of carbonyl (C=O) groups is 1. The van der Waals surface area contributed by atoms with E-state index in [1.165, 1.54) is 25.1 Å². The molecule has 0 radical (unpaired) electrons. The van der Waals surface area contributed by atoms with Crippen molar-refractivity contribution in [3.8, 4) is 22.6 Å². The quantitative estimate of drug-likeness (QED) is 0.568. The zero-order valence-corrected chi connectivity index (χ0v) is 18.9. The first-order valence-electron chi connectivity index (χ1n) is 9.69. The highest BCUT2D eigenvalue weighted by atomic mass is 35.5. The summed E-state index contributed by atoms with van der Waals surface area (Å²) in [6, 6.07) is 7.30. The maximum atomic E-state index is 12.6. The molecule has 0 atom stereocenters. The van der Waals surface area contributed by atoms with Crippen LogP contribution < -0.4 is 14.8 Å². The summed E-state index contributed by atoms with van der Waals surface area (Å²) in [6.45, 7) is 0.664. The molecule has 166 valence electrons. The number of methoxy groups -OCH3 is 2. The minimum Gasteiger partial charge on any atom is -0.495 e. The predicted molar refractivity (Wildman–Crippen MR) is 122 cm³/mol. The fourth-order valence-electron chi connectivity index (χ4n) is 3.49. The normalized spacial score (nSPS) is 12.3. The number of aliphatic hydroxyl groups is 1. The van der Waals surface area contributed by atoms with E-state index in [0.29, 0.717) is 51.6 Å². The first kappa shape index (κ1) is 22.1. The maximum absolute atomic E-state index is 12.6.